The maximum Gasteiger partial charge on any atom is 0.240 e. The average molecular weight is 280 g/mol. The van der Waals surface area contributed by atoms with Gasteiger partial charge in [-0.3, -0.25) is 0 Å². The second-order valence-corrected chi connectivity index (χ2v) is 6.13. The summed E-state index contributed by atoms with van der Waals surface area (Å²) in [6.45, 7) is 3.95. The average Bonchev–Trinajstić information content (AvgIpc) is 2.85. The first-order chi connectivity index (χ1) is 8.99. The molecule has 1 aromatic heterocycles. The number of aromatic nitrogens is 1. The lowest BCUT2D eigenvalue weighted by Gasteiger charge is -2.09. The highest BCUT2D eigenvalue weighted by Gasteiger charge is 2.16. The van der Waals surface area contributed by atoms with Crippen molar-refractivity contribution in [1.29, 1.82) is 0 Å². The van der Waals surface area contributed by atoms with Crippen LogP contribution in [0.1, 0.15) is 16.8 Å². The number of hydrogen-bond donors (Lipinski definition) is 1. The van der Waals surface area contributed by atoms with E-state index in [4.69, 9.17) is 4.42 Å². The van der Waals surface area contributed by atoms with Crippen molar-refractivity contribution in [2.75, 3.05) is 6.54 Å². The van der Waals surface area contributed by atoms with Gasteiger partial charge in [-0.05, 0) is 31.0 Å². The molecule has 0 aliphatic rings. The van der Waals surface area contributed by atoms with Crippen LogP contribution in [0.25, 0.3) is 0 Å². The van der Waals surface area contributed by atoms with Crippen LogP contribution in [0.2, 0.25) is 0 Å². The van der Waals surface area contributed by atoms with E-state index in [-0.39, 0.29) is 0 Å². The molecule has 1 N–H and O–H groups in total. The maximum atomic E-state index is 12.2. The first-order valence-electron chi connectivity index (χ1n) is 5.93. The minimum atomic E-state index is -3.48. The Bertz CT molecular complexity index is 649. The Morgan fingerprint density at radius 3 is 2.79 bits per heavy atom. The Morgan fingerprint density at radius 1 is 1.32 bits per heavy atom. The summed E-state index contributed by atoms with van der Waals surface area (Å²) < 4.78 is 31.8. The molecule has 0 fully saturated rings. The number of benzene rings is 1. The predicted octanol–water partition coefficient (Wildman–Crippen LogP) is 1.81. The molecule has 0 aliphatic heterocycles. The van der Waals surface area contributed by atoms with Crippen LogP contribution >= 0.6 is 0 Å². The van der Waals surface area contributed by atoms with Crippen molar-refractivity contribution in [2.45, 2.75) is 25.2 Å². The van der Waals surface area contributed by atoms with Crippen LogP contribution < -0.4 is 4.72 Å². The molecule has 0 radical (unpaired) electrons. The van der Waals surface area contributed by atoms with Gasteiger partial charge in [0.25, 0.3) is 0 Å². The summed E-state index contributed by atoms with van der Waals surface area (Å²) in [5.41, 5.74) is 2.38. The van der Waals surface area contributed by atoms with Gasteiger partial charge >= 0.3 is 0 Å². The molecule has 0 amide bonds. The topological polar surface area (TPSA) is 72.2 Å². The van der Waals surface area contributed by atoms with Crippen LogP contribution in [0.4, 0.5) is 0 Å². The van der Waals surface area contributed by atoms with Crippen molar-refractivity contribution in [1.82, 2.24) is 9.71 Å². The summed E-state index contributed by atoms with van der Waals surface area (Å²) in [6.07, 6.45) is 3.33. The van der Waals surface area contributed by atoms with E-state index in [1.54, 1.807) is 13.0 Å². The van der Waals surface area contributed by atoms with Crippen LogP contribution in [0.5, 0.6) is 0 Å². The molecule has 0 atom stereocenters. The lowest BCUT2D eigenvalue weighted by Crippen LogP contribution is -2.26. The smallest absolute Gasteiger partial charge is 0.240 e. The van der Waals surface area contributed by atoms with Crippen LogP contribution in [0.15, 0.2) is 40.2 Å². The van der Waals surface area contributed by atoms with Gasteiger partial charge in [0.05, 0.1) is 10.6 Å². The molecule has 0 saturated heterocycles. The fourth-order valence-corrected chi connectivity index (χ4v) is 3.11. The number of sulfonamides is 1. The standard InChI is InChI=1S/C13H16N2O3S/c1-10-3-4-11(2)13(7-10)19(16,17)15-6-5-12-8-18-9-14-12/h3-4,7-9,15H,5-6H2,1-2H3. The van der Waals surface area contributed by atoms with Gasteiger partial charge in [0.2, 0.25) is 10.0 Å². The zero-order chi connectivity index (χ0) is 13.9. The van der Waals surface area contributed by atoms with E-state index in [9.17, 15) is 8.42 Å². The molecule has 102 valence electrons. The largest absolute Gasteiger partial charge is 0.451 e. The van der Waals surface area contributed by atoms with Crippen LogP contribution in [0, 0.1) is 13.8 Å². The van der Waals surface area contributed by atoms with Gasteiger partial charge in [0.15, 0.2) is 6.39 Å². The molecule has 2 rings (SSSR count). The van der Waals surface area contributed by atoms with Gasteiger partial charge in [0, 0.05) is 13.0 Å². The Kier molecular flexibility index (Phi) is 4.01. The molecule has 19 heavy (non-hydrogen) atoms. The number of aryl methyl sites for hydroxylation is 2. The molecule has 6 heteroatoms. The minimum absolute atomic E-state index is 0.294. The Hall–Kier alpha value is -1.66. The number of rotatable bonds is 5. The van der Waals surface area contributed by atoms with Crippen LogP contribution in [-0.2, 0) is 16.4 Å². The van der Waals surface area contributed by atoms with Gasteiger partial charge in [-0.1, -0.05) is 12.1 Å². The van der Waals surface area contributed by atoms with Gasteiger partial charge in [-0.2, -0.15) is 0 Å². The van der Waals surface area contributed by atoms with Gasteiger partial charge in [-0.15, -0.1) is 0 Å². The highest BCUT2D eigenvalue weighted by molar-refractivity contribution is 7.89. The quantitative estimate of drug-likeness (QED) is 0.906. The third kappa shape index (κ3) is 3.42. The molecule has 1 heterocycles. The van der Waals surface area contributed by atoms with Gasteiger partial charge in [-0.25, -0.2) is 18.1 Å². The second-order valence-electron chi connectivity index (χ2n) is 4.40. The maximum absolute atomic E-state index is 12.2. The Balaban J connectivity index is 2.07. The fraction of sp³-hybridized carbons (Fsp3) is 0.308. The summed E-state index contributed by atoms with van der Waals surface area (Å²) in [4.78, 5) is 4.27. The first kappa shape index (κ1) is 13.8. The number of nitrogens with one attached hydrogen (secondary N) is 1. The van der Waals surface area contributed by atoms with Gasteiger partial charge < -0.3 is 4.42 Å². The first-order valence-corrected chi connectivity index (χ1v) is 7.41. The third-order valence-corrected chi connectivity index (χ3v) is 4.39. The summed E-state index contributed by atoms with van der Waals surface area (Å²) in [5.74, 6) is 0. The van der Waals surface area contributed by atoms with E-state index in [2.05, 4.69) is 9.71 Å². The fourth-order valence-electron chi connectivity index (χ4n) is 1.75. The normalized spacial score (nSPS) is 11.7. The third-order valence-electron chi connectivity index (χ3n) is 2.79. The molecule has 5 nitrogen and oxygen atoms in total. The van der Waals surface area contributed by atoms with Crippen molar-refractivity contribution in [3.05, 3.63) is 47.7 Å². The highest BCUT2D eigenvalue weighted by Crippen LogP contribution is 2.16. The summed E-state index contributed by atoms with van der Waals surface area (Å²) in [5, 5.41) is 0. The van der Waals surface area contributed by atoms with E-state index >= 15 is 0 Å². The van der Waals surface area contributed by atoms with E-state index in [1.807, 2.05) is 19.1 Å². The molecular weight excluding hydrogens is 264 g/mol. The van der Waals surface area contributed by atoms with E-state index in [1.165, 1.54) is 12.7 Å². The zero-order valence-corrected chi connectivity index (χ0v) is 11.7. The Morgan fingerprint density at radius 2 is 2.11 bits per heavy atom. The molecule has 0 saturated carbocycles. The molecule has 2 aromatic rings. The summed E-state index contributed by atoms with van der Waals surface area (Å²) >= 11 is 0. The van der Waals surface area contributed by atoms with Crippen molar-refractivity contribution < 1.29 is 12.8 Å². The van der Waals surface area contributed by atoms with Crippen molar-refractivity contribution in [3.63, 3.8) is 0 Å². The second kappa shape index (κ2) is 5.54. The molecule has 0 spiro atoms. The lowest BCUT2D eigenvalue weighted by molar-refractivity contribution is 0.555. The van der Waals surface area contributed by atoms with Gasteiger partial charge in [0.1, 0.15) is 6.26 Å². The summed E-state index contributed by atoms with van der Waals surface area (Å²) in [6, 6.07) is 5.37. The number of nitrogens with zero attached hydrogens (tertiary/aromatic N) is 1. The highest BCUT2D eigenvalue weighted by atomic mass is 32.2. The molecule has 0 bridgehead atoms. The summed E-state index contributed by atoms with van der Waals surface area (Å²) in [7, 11) is -3.48. The van der Waals surface area contributed by atoms with Crippen LogP contribution in [-0.4, -0.2) is 19.9 Å². The molecule has 1 aromatic carbocycles. The van der Waals surface area contributed by atoms with E-state index < -0.39 is 10.0 Å². The molecule has 0 unspecified atom stereocenters. The SMILES string of the molecule is Cc1ccc(C)c(S(=O)(=O)NCCc2cocn2)c1. The van der Waals surface area contributed by atoms with E-state index in [0.717, 1.165) is 16.8 Å². The monoisotopic (exact) mass is 280 g/mol. The minimum Gasteiger partial charge on any atom is -0.451 e. The van der Waals surface area contributed by atoms with Crippen molar-refractivity contribution in [2.24, 2.45) is 0 Å². The number of hydrogen-bond acceptors (Lipinski definition) is 4. The zero-order valence-electron chi connectivity index (χ0n) is 10.9. The lowest BCUT2D eigenvalue weighted by atomic mass is 10.2. The molecular formula is C13H16N2O3S. The predicted molar refractivity (Wildman–Crippen MR) is 71.3 cm³/mol. The number of oxazole rings is 1. The molecule has 0 aliphatic carbocycles. The van der Waals surface area contributed by atoms with Crippen molar-refractivity contribution in [3.8, 4) is 0 Å². The Labute approximate surface area is 112 Å². The van der Waals surface area contributed by atoms with Crippen LogP contribution in [0.3, 0.4) is 0 Å². The van der Waals surface area contributed by atoms with E-state index in [0.29, 0.717) is 17.9 Å². The van der Waals surface area contributed by atoms with Crippen molar-refractivity contribution >= 4 is 10.0 Å².